The van der Waals surface area contributed by atoms with Gasteiger partial charge in [-0.25, -0.2) is 0 Å². The molecule has 20 heavy (non-hydrogen) atoms. The van der Waals surface area contributed by atoms with Gasteiger partial charge in [0, 0.05) is 30.4 Å². The van der Waals surface area contributed by atoms with E-state index in [0.29, 0.717) is 6.42 Å². The second-order valence-electron chi connectivity index (χ2n) is 4.75. The number of carbonyl (C=O) groups is 1. The predicted molar refractivity (Wildman–Crippen MR) is 80.3 cm³/mol. The van der Waals surface area contributed by atoms with Gasteiger partial charge in [-0.1, -0.05) is 12.8 Å². The first-order valence-electron chi connectivity index (χ1n) is 7.00. The molecule has 2 rings (SSSR count). The first-order valence-corrected chi connectivity index (χ1v) is 7.00. The van der Waals surface area contributed by atoms with Crippen molar-refractivity contribution < 1.29 is 4.79 Å². The molecular weight excluding hydrogens is 252 g/mol. The summed E-state index contributed by atoms with van der Waals surface area (Å²) in [4.78, 5) is 20.2. The molecule has 2 aromatic rings. The molecule has 0 saturated heterocycles. The van der Waals surface area contributed by atoms with Crippen molar-refractivity contribution >= 4 is 22.5 Å². The Labute approximate surface area is 118 Å². The van der Waals surface area contributed by atoms with E-state index in [2.05, 4.69) is 15.3 Å². The maximum Gasteiger partial charge on any atom is 0.224 e. The van der Waals surface area contributed by atoms with Crippen molar-refractivity contribution in [2.24, 2.45) is 5.73 Å². The Morgan fingerprint density at radius 2 is 2.00 bits per heavy atom. The number of hydrogen-bond acceptors (Lipinski definition) is 4. The van der Waals surface area contributed by atoms with Crippen LogP contribution in [0.15, 0.2) is 30.7 Å². The third-order valence-corrected chi connectivity index (χ3v) is 3.18. The highest BCUT2D eigenvalue weighted by Gasteiger charge is 2.06. The first-order chi connectivity index (χ1) is 9.81. The van der Waals surface area contributed by atoms with E-state index in [0.717, 1.165) is 48.8 Å². The summed E-state index contributed by atoms with van der Waals surface area (Å²) >= 11 is 0. The second-order valence-corrected chi connectivity index (χ2v) is 4.75. The molecule has 3 N–H and O–H groups in total. The van der Waals surface area contributed by atoms with Crippen LogP contribution in [0.2, 0.25) is 0 Å². The number of rotatable bonds is 7. The molecule has 0 aliphatic rings. The number of unbranched alkanes of at least 4 members (excludes halogenated alkanes) is 3. The fraction of sp³-hybridized carbons (Fsp3) is 0.400. The van der Waals surface area contributed by atoms with Crippen molar-refractivity contribution in [3.63, 3.8) is 0 Å². The molecular formula is C15H20N4O. The predicted octanol–water partition coefficient (Wildman–Crippen LogP) is 2.48. The van der Waals surface area contributed by atoms with E-state index >= 15 is 0 Å². The minimum absolute atomic E-state index is 0.0362. The monoisotopic (exact) mass is 272 g/mol. The number of anilines is 1. The number of fused-ring (bicyclic) bond motifs is 1. The van der Waals surface area contributed by atoms with Crippen LogP contribution in [0.1, 0.15) is 32.1 Å². The SMILES string of the molecule is NCCCCCCC(=O)Nc1ccnc2ccncc12. The zero-order valence-electron chi connectivity index (χ0n) is 11.5. The van der Waals surface area contributed by atoms with Crippen molar-refractivity contribution in [2.75, 3.05) is 11.9 Å². The largest absolute Gasteiger partial charge is 0.330 e. The van der Waals surface area contributed by atoms with E-state index < -0.39 is 0 Å². The number of carbonyl (C=O) groups excluding carboxylic acids is 1. The Hall–Kier alpha value is -2.01. The number of aromatic nitrogens is 2. The number of hydrogen-bond donors (Lipinski definition) is 2. The number of nitrogens with zero attached hydrogens (tertiary/aromatic N) is 2. The van der Waals surface area contributed by atoms with Crippen LogP contribution in [-0.2, 0) is 4.79 Å². The van der Waals surface area contributed by atoms with Crippen LogP contribution in [0, 0.1) is 0 Å². The molecule has 2 aromatic heterocycles. The summed E-state index contributed by atoms with van der Waals surface area (Å²) in [5.74, 6) is 0.0362. The van der Waals surface area contributed by atoms with E-state index in [1.54, 1.807) is 24.7 Å². The molecule has 0 aromatic carbocycles. The molecule has 0 spiro atoms. The molecule has 1 amide bonds. The topological polar surface area (TPSA) is 80.9 Å². The quantitative estimate of drug-likeness (QED) is 0.759. The van der Waals surface area contributed by atoms with Crippen molar-refractivity contribution in [2.45, 2.75) is 32.1 Å². The highest BCUT2D eigenvalue weighted by Crippen LogP contribution is 2.20. The molecule has 0 unspecified atom stereocenters. The Kier molecular flexibility index (Phi) is 5.43. The lowest BCUT2D eigenvalue weighted by Crippen LogP contribution is -2.11. The number of amides is 1. The lowest BCUT2D eigenvalue weighted by Gasteiger charge is -2.07. The Morgan fingerprint density at radius 1 is 1.15 bits per heavy atom. The van der Waals surface area contributed by atoms with Crippen LogP contribution >= 0.6 is 0 Å². The van der Waals surface area contributed by atoms with Gasteiger partial charge in [0.05, 0.1) is 11.2 Å². The smallest absolute Gasteiger partial charge is 0.224 e. The van der Waals surface area contributed by atoms with Gasteiger partial charge in [0.2, 0.25) is 5.91 Å². The molecule has 0 bridgehead atoms. The molecule has 5 heteroatoms. The van der Waals surface area contributed by atoms with E-state index in [1.165, 1.54) is 0 Å². The summed E-state index contributed by atoms with van der Waals surface area (Å²) in [7, 11) is 0. The van der Waals surface area contributed by atoms with Crippen LogP contribution in [0.25, 0.3) is 10.9 Å². The third-order valence-electron chi connectivity index (χ3n) is 3.18. The molecule has 5 nitrogen and oxygen atoms in total. The summed E-state index contributed by atoms with van der Waals surface area (Å²) in [5.41, 5.74) is 7.04. The maximum absolute atomic E-state index is 11.9. The molecule has 0 atom stereocenters. The van der Waals surface area contributed by atoms with Gasteiger partial charge in [0.1, 0.15) is 0 Å². The van der Waals surface area contributed by atoms with Crippen LogP contribution in [-0.4, -0.2) is 22.4 Å². The maximum atomic E-state index is 11.9. The highest BCUT2D eigenvalue weighted by molar-refractivity contribution is 6.00. The standard InChI is InChI=1S/C15H20N4O/c16-8-4-2-1-3-5-15(20)19-14-7-10-18-13-6-9-17-11-12(13)14/h6-7,9-11H,1-5,8,16H2,(H,18,19,20). The molecule has 0 aliphatic heterocycles. The average molecular weight is 272 g/mol. The first kappa shape index (κ1) is 14.4. The van der Waals surface area contributed by atoms with Gasteiger partial charge in [-0.2, -0.15) is 0 Å². The van der Waals surface area contributed by atoms with Gasteiger partial charge in [-0.3, -0.25) is 14.8 Å². The summed E-state index contributed by atoms with van der Waals surface area (Å²) < 4.78 is 0. The minimum atomic E-state index is 0.0362. The normalized spacial score (nSPS) is 10.7. The lowest BCUT2D eigenvalue weighted by atomic mass is 10.1. The van der Waals surface area contributed by atoms with Gasteiger partial charge in [-0.15, -0.1) is 0 Å². The fourth-order valence-corrected chi connectivity index (χ4v) is 2.09. The number of nitrogens with one attached hydrogen (secondary N) is 1. The van der Waals surface area contributed by atoms with Gasteiger partial charge < -0.3 is 11.1 Å². The van der Waals surface area contributed by atoms with Gasteiger partial charge in [-0.05, 0) is 31.5 Å². The Bertz CT molecular complexity index is 565. The molecule has 0 radical (unpaired) electrons. The van der Waals surface area contributed by atoms with E-state index in [9.17, 15) is 4.79 Å². The molecule has 0 aliphatic carbocycles. The zero-order valence-corrected chi connectivity index (χ0v) is 11.5. The zero-order chi connectivity index (χ0) is 14.2. The highest BCUT2D eigenvalue weighted by atomic mass is 16.1. The Balaban J connectivity index is 1.90. The summed E-state index contributed by atoms with van der Waals surface area (Å²) in [5, 5.41) is 3.80. The number of nitrogens with two attached hydrogens (primary N) is 1. The Morgan fingerprint density at radius 3 is 2.85 bits per heavy atom. The van der Waals surface area contributed by atoms with Gasteiger partial charge in [0.25, 0.3) is 0 Å². The summed E-state index contributed by atoms with van der Waals surface area (Å²) in [6.45, 7) is 0.724. The van der Waals surface area contributed by atoms with Gasteiger partial charge in [0.15, 0.2) is 0 Å². The van der Waals surface area contributed by atoms with Crippen LogP contribution in [0.5, 0.6) is 0 Å². The lowest BCUT2D eigenvalue weighted by molar-refractivity contribution is -0.116. The van der Waals surface area contributed by atoms with E-state index in [1.807, 2.05) is 6.07 Å². The molecule has 0 fully saturated rings. The van der Waals surface area contributed by atoms with E-state index in [-0.39, 0.29) is 5.91 Å². The minimum Gasteiger partial charge on any atom is -0.330 e. The van der Waals surface area contributed by atoms with Crippen LogP contribution in [0.4, 0.5) is 5.69 Å². The molecule has 0 saturated carbocycles. The van der Waals surface area contributed by atoms with Crippen molar-refractivity contribution in [3.05, 3.63) is 30.7 Å². The number of pyridine rings is 2. The van der Waals surface area contributed by atoms with Gasteiger partial charge >= 0.3 is 0 Å². The molecule has 2 heterocycles. The fourth-order valence-electron chi connectivity index (χ4n) is 2.09. The van der Waals surface area contributed by atoms with E-state index in [4.69, 9.17) is 5.73 Å². The summed E-state index contributed by atoms with van der Waals surface area (Å²) in [6.07, 6.45) is 9.70. The van der Waals surface area contributed by atoms with Crippen molar-refractivity contribution in [3.8, 4) is 0 Å². The van der Waals surface area contributed by atoms with Crippen molar-refractivity contribution in [1.29, 1.82) is 0 Å². The van der Waals surface area contributed by atoms with Crippen molar-refractivity contribution in [1.82, 2.24) is 9.97 Å². The van der Waals surface area contributed by atoms with Crippen LogP contribution < -0.4 is 11.1 Å². The molecule has 106 valence electrons. The third kappa shape index (κ3) is 3.99. The second kappa shape index (κ2) is 7.55. The average Bonchev–Trinajstić information content (AvgIpc) is 2.47. The summed E-state index contributed by atoms with van der Waals surface area (Å²) in [6, 6.07) is 3.63. The van der Waals surface area contributed by atoms with Crippen LogP contribution in [0.3, 0.4) is 0 Å².